The van der Waals surface area contributed by atoms with Crippen LogP contribution >= 0.6 is 0 Å². The van der Waals surface area contributed by atoms with Crippen molar-refractivity contribution in [2.75, 3.05) is 4.90 Å². The Morgan fingerprint density at radius 2 is 0.973 bits per heavy atom. The Morgan fingerprint density at radius 3 is 1.59 bits per heavy atom. The summed E-state index contributed by atoms with van der Waals surface area (Å²) in [4.78, 5) is 11.6. The number of aromatic nitrogens is 2. The van der Waals surface area contributed by atoms with Gasteiger partial charge >= 0.3 is 0 Å². The Balaban J connectivity index is 1.52. The molecule has 0 spiro atoms. The highest BCUT2D eigenvalue weighted by Gasteiger charge is 2.25. The van der Waals surface area contributed by atoms with Crippen LogP contribution in [0.1, 0.15) is 0 Å². The van der Waals surface area contributed by atoms with E-state index in [9.17, 15) is 0 Å². The molecule has 0 saturated carbocycles. The third kappa shape index (κ3) is 2.91. The molecule has 0 aliphatic heterocycles. The summed E-state index contributed by atoms with van der Waals surface area (Å²) in [6.07, 6.45) is 3.68. The number of hydrogen-bond donors (Lipinski definition) is 0. The average Bonchev–Trinajstić information content (AvgIpc) is 3.53. The minimum absolute atomic E-state index is 0.720. The molecule has 0 unspecified atom stereocenters. The third-order valence-electron chi connectivity index (χ3n) is 6.97. The summed E-state index contributed by atoms with van der Waals surface area (Å²) in [7, 11) is 0. The lowest BCUT2D eigenvalue weighted by atomic mass is 10.1. The molecular weight excluding hydrogens is 458 g/mol. The van der Waals surface area contributed by atoms with Crippen LogP contribution in [0, 0.1) is 0 Å². The van der Waals surface area contributed by atoms with E-state index in [1.807, 2.05) is 73.1 Å². The van der Waals surface area contributed by atoms with Gasteiger partial charge in [-0.05, 0) is 47.9 Å². The predicted octanol–water partition coefficient (Wildman–Crippen LogP) is 8.90. The lowest BCUT2D eigenvalue weighted by Crippen LogP contribution is -2.11. The molecule has 0 radical (unpaired) electrons. The molecule has 0 saturated heterocycles. The molecule has 0 aliphatic rings. The van der Waals surface area contributed by atoms with E-state index in [2.05, 4.69) is 47.4 Å². The van der Waals surface area contributed by atoms with E-state index in [0.29, 0.717) is 0 Å². The molecule has 4 aromatic heterocycles. The Labute approximate surface area is 211 Å². The van der Waals surface area contributed by atoms with Gasteiger partial charge in [-0.25, -0.2) is 0 Å². The lowest BCUT2D eigenvalue weighted by molar-refractivity contribution is 0.665. The first-order valence-corrected chi connectivity index (χ1v) is 12.2. The number of nitrogens with zero attached hydrogens (tertiary/aromatic N) is 3. The van der Waals surface area contributed by atoms with Gasteiger partial charge in [-0.1, -0.05) is 60.7 Å². The van der Waals surface area contributed by atoms with Gasteiger partial charge in [0.2, 0.25) is 0 Å². The van der Waals surface area contributed by atoms with Crippen LogP contribution in [0.25, 0.3) is 54.9 Å². The molecule has 8 aromatic rings. The second kappa shape index (κ2) is 7.67. The predicted molar refractivity (Wildman–Crippen MR) is 149 cm³/mol. The third-order valence-corrected chi connectivity index (χ3v) is 6.97. The van der Waals surface area contributed by atoms with Crippen LogP contribution in [0.5, 0.6) is 0 Å². The first kappa shape index (κ1) is 20.1. The van der Waals surface area contributed by atoms with E-state index in [-0.39, 0.29) is 0 Å². The summed E-state index contributed by atoms with van der Waals surface area (Å²) < 4.78 is 12.9. The van der Waals surface area contributed by atoms with E-state index in [1.165, 1.54) is 0 Å². The zero-order chi connectivity index (χ0) is 24.3. The standard InChI is InChI=1S/C32H19N3O2/c1-2-10-21-20(8-1)9-7-13-24(21)35(25-16-18-33-29-22-11-3-5-14-27(22)36-31(25)29)26-17-19-34-30-23-12-4-6-15-28(23)37-32(26)30/h1-19H. The number of fused-ring (bicyclic) bond motifs is 7. The van der Waals surface area contributed by atoms with Crippen molar-refractivity contribution in [3.8, 4) is 0 Å². The van der Waals surface area contributed by atoms with Gasteiger partial charge in [-0.3, -0.25) is 9.97 Å². The van der Waals surface area contributed by atoms with Crippen molar-refractivity contribution in [3.05, 3.63) is 116 Å². The van der Waals surface area contributed by atoms with Gasteiger partial charge in [0, 0.05) is 28.6 Å². The summed E-state index contributed by atoms with van der Waals surface area (Å²) in [6, 6.07) is 34.8. The van der Waals surface area contributed by atoms with Crippen molar-refractivity contribution in [3.63, 3.8) is 0 Å². The Bertz CT molecular complexity index is 2000. The number of pyridine rings is 2. The molecule has 0 aliphatic carbocycles. The molecule has 174 valence electrons. The Kier molecular flexibility index (Phi) is 4.16. The fraction of sp³-hybridized carbons (Fsp3) is 0. The van der Waals surface area contributed by atoms with E-state index in [4.69, 9.17) is 18.8 Å². The minimum Gasteiger partial charge on any atom is -0.452 e. The van der Waals surface area contributed by atoms with Crippen LogP contribution in [0.2, 0.25) is 0 Å². The van der Waals surface area contributed by atoms with Crippen molar-refractivity contribution in [2.45, 2.75) is 0 Å². The monoisotopic (exact) mass is 477 g/mol. The van der Waals surface area contributed by atoms with Gasteiger partial charge in [-0.15, -0.1) is 0 Å². The number of furan rings is 2. The summed E-state index contributed by atoms with van der Waals surface area (Å²) in [6.45, 7) is 0. The first-order valence-electron chi connectivity index (χ1n) is 12.2. The fourth-order valence-corrected chi connectivity index (χ4v) is 5.33. The average molecular weight is 478 g/mol. The largest absolute Gasteiger partial charge is 0.452 e. The zero-order valence-electron chi connectivity index (χ0n) is 19.6. The quantitative estimate of drug-likeness (QED) is 0.254. The van der Waals surface area contributed by atoms with Crippen molar-refractivity contribution in [1.29, 1.82) is 0 Å². The van der Waals surface area contributed by atoms with E-state index < -0.39 is 0 Å². The normalized spacial score (nSPS) is 11.8. The number of hydrogen-bond acceptors (Lipinski definition) is 5. The molecule has 5 nitrogen and oxygen atoms in total. The maximum atomic E-state index is 6.44. The van der Waals surface area contributed by atoms with Crippen molar-refractivity contribution in [1.82, 2.24) is 9.97 Å². The second-order valence-corrected chi connectivity index (χ2v) is 9.05. The fourth-order valence-electron chi connectivity index (χ4n) is 5.33. The van der Waals surface area contributed by atoms with Gasteiger partial charge in [0.15, 0.2) is 11.2 Å². The van der Waals surface area contributed by atoms with Gasteiger partial charge < -0.3 is 13.7 Å². The van der Waals surface area contributed by atoms with E-state index in [0.717, 1.165) is 72.0 Å². The number of benzene rings is 4. The smallest absolute Gasteiger partial charge is 0.177 e. The van der Waals surface area contributed by atoms with Crippen LogP contribution in [0.3, 0.4) is 0 Å². The Hall–Kier alpha value is -5.16. The van der Waals surface area contributed by atoms with Gasteiger partial charge in [0.25, 0.3) is 0 Å². The van der Waals surface area contributed by atoms with Crippen LogP contribution in [-0.2, 0) is 0 Å². The first-order chi connectivity index (χ1) is 18.4. The summed E-state index contributed by atoms with van der Waals surface area (Å²) in [5.41, 5.74) is 7.48. The van der Waals surface area contributed by atoms with Gasteiger partial charge in [0.05, 0.1) is 17.1 Å². The molecule has 4 aromatic carbocycles. The molecule has 0 bridgehead atoms. The van der Waals surface area contributed by atoms with Gasteiger partial charge in [-0.2, -0.15) is 0 Å². The zero-order valence-corrected chi connectivity index (χ0v) is 19.6. The lowest BCUT2D eigenvalue weighted by Gasteiger charge is -2.26. The number of rotatable bonds is 3. The number of anilines is 3. The van der Waals surface area contributed by atoms with Crippen molar-refractivity contribution >= 4 is 72.0 Å². The van der Waals surface area contributed by atoms with E-state index in [1.54, 1.807) is 0 Å². The minimum atomic E-state index is 0.720. The topological polar surface area (TPSA) is 55.3 Å². The molecule has 8 rings (SSSR count). The highest BCUT2D eigenvalue weighted by molar-refractivity contribution is 6.13. The van der Waals surface area contributed by atoms with Gasteiger partial charge in [0.1, 0.15) is 22.2 Å². The van der Waals surface area contributed by atoms with E-state index >= 15 is 0 Å². The SMILES string of the molecule is c1ccc2c(N(c3ccnc4c3oc3ccccc34)c3ccnc4c3oc3ccccc34)cccc2c1. The Morgan fingerprint density at radius 1 is 0.459 bits per heavy atom. The summed E-state index contributed by atoms with van der Waals surface area (Å²) in [5.74, 6) is 0. The van der Waals surface area contributed by atoms with Crippen molar-refractivity contribution < 1.29 is 8.83 Å². The van der Waals surface area contributed by atoms with Crippen LogP contribution < -0.4 is 4.90 Å². The maximum Gasteiger partial charge on any atom is 0.177 e. The molecule has 0 amide bonds. The van der Waals surface area contributed by atoms with Crippen molar-refractivity contribution in [2.24, 2.45) is 0 Å². The van der Waals surface area contributed by atoms with Crippen LogP contribution in [0.15, 0.2) is 124 Å². The highest BCUT2D eigenvalue weighted by atomic mass is 16.3. The highest BCUT2D eigenvalue weighted by Crippen LogP contribution is 2.46. The molecule has 0 N–H and O–H groups in total. The summed E-state index contributed by atoms with van der Waals surface area (Å²) >= 11 is 0. The molecular formula is C32H19N3O2. The maximum absolute atomic E-state index is 6.44. The number of para-hydroxylation sites is 2. The summed E-state index contributed by atoms with van der Waals surface area (Å²) in [5, 5.41) is 4.24. The molecule has 37 heavy (non-hydrogen) atoms. The van der Waals surface area contributed by atoms with Crippen LogP contribution in [0.4, 0.5) is 17.1 Å². The molecule has 0 fully saturated rings. The molecule has 5 heteroatoms. The second-order valence-electron chi connectivity index (χ2n) is 9.05. The van der Waals surface area contributed by atoms with Crippen LogP contribution in [-0.4, -0.2) is 9.97 Å². The molecule has 4 heterocycles. The molecule has 0 atom stereocenters.